The molecule has 0 bridgehead atoms. The maximum absolute atomic E-state index is 12.2. The topological polar surface area (TPSA) is 21.3 Å². The van der Waals surface area contributed by atoms with E-state index in [-0.39, 0.29) is 0 Å². The molecule has 1 aliphatic rings. The number of methoxy groups -OCH3 is 1. The third kappa shape index (κ3) is 2.10. The quantitative estimate of drug-likeness (QED) is 0.694. The molecule has 5 heteroatoms. The number of rotatable bonds is 2. The summed E-state index contributed by atoms with van der Waals surface area (Å²) in [6.07, 6.45) is -5.30. The van der Waals surface area contributed by atoms with Crippen molar-refractivity contribution in [3.8, 4) is 0 Å². The summed E-state index contributed by atoms with van der Waals surface area (Å²) in [6.45, 7) is 1.05. The van der Waals surface area contributed by atoms with Crippen LogP contribution in [-0.2, 0) is 4.74 Å². The summed E-state index contributed by atoms with van der Waals surface area (Å²) in [5, 5.41) is 2.88. The fourth-order valence-electron chi connectivity index (χ4n) is 1.53. The van der Waals surface area contributed by atoms with Gasteiger partial charge in [-0.25, -0.2) is 0 Å². The first-order valence-corrected chi connectivity index (χ1v) is 3.86. The van der Waals surface area contributed by atoms with E-state index in [0.717, 1.165) is 7.11 Å². The van der Waals surface area contributed by atoms with Gasteiger partial charge in [0, 0.05) is 19.6 Å². The summed E-state index contributed by atoms with van der Waals surface area (Å²) in [6, 6.07) is 0. The van der Waals surface area contributed by atoms with Crippen LogP contribution >= 0.6 is 0 Å². The summed E-state index contributed by atoms with van der Waals surface area (Å²) in [7, 11) is 1.11. The van der Waals surface area contributed by atoms with Crippen LogP contribution < -0.4 is 5.32 Å². The van der Waals surface area contributed by atoms with Crippen LogP contribution in [-0.4, -0.2) is 32.5 Å². The zero-order valence-electron chi connectivity index (χ0n) is 6.82. The molecular weight excluding hydrogens is 171 g/mol. The molecule has 0 aromatic heterocycles. The summed E-state index contributed by atoms with van der Waals surface area (Å²) in [5.74, 6) is -0.421. The van der Waals surface area contributed by atoms with E-state index in [1.54, 1.807) is 0 Å². The number of nitrogens with one attached hydrogen (secondary N) is 1. The van der Waals surface area contributed by atoms with E-state index in [1.807, 2.05) is 0 Å². The van der Waals surface area contributed by atoms with Crippen molar-refractivity contribution < 1.29 is 17.9 Å². The minimum Gasteiger partial charge on any atom is -0.372 e. The third-order valence-corrected chi connectivity index (χ3v) is 2.10. The van der Waals surface area contributed by atoms with Crippen molar-refractivity contribution in [2.24, 2.45) is 5.92 Å². The molecule has 12 heavy (non-hydrogen) atoms. The lowest BCUT2D eigenvalue weighted by atomic mass is 10.0. The van der Waals surface area contributed by atoms with Gasteiger partial charge >= 0.3 is 6.18 Å². The van der Waals surface area contributed by atoms with Crippen LogP contribution in [0, 0.1) is 5.92 Å². The number of hydrogen-bond donors (Lipinski definition) is 1. The standard InChI is InChI=1S/C7H12F3NO/c1-12-6(7(8,9)10)5-2-3-11-4-5/h5-6,11H,2-4H2,1H3. The first kappa shape index (κ1) is 9.80. The van der Waals surface area contributed by atoms with Crippen LogP contribution in [0.4, 0.5) is 13.2 Å². The lowest BCUT2D eigenvalue weighted by Gasteiger charge is -2.23. The Labute approximate surface area is 69.1 Å². The summed E-state index contributed by atoms with van der Waals surface area (Å²) < 4.78 is 41.1. The van der Waals surface area contributed by atoms with Gasteiger partial charge in [-0.2, -0.15) is 13.2 Å². The lowest BCUT2D eigenvalue weighted by molar-refractivity contribution is -0.226. The average Bonchev–Trinajstić information content (AvgIpc) is 2.38. The Balaban J connectivity index is 2.54. The predicted octanol–water partition coefficient (Wildman–Crippen LogP) is 1.17. The highest BCUT2D eigenvalue weighted by Crippen LogP contribution is 2.30. The molecule has 2 unspecified atom stereocenters. The molecule has 72 valence electrons. The first-order chi connectivity index (χ1) is 5.55. The smallest absolute Gasteiger partial charge is 0.372 e. The minimum absolute atomic E-state index is 0.401. The zero-order chi connectivity index (χ0) is 9.19. The molecule has 0 spiro atoms. The third-order valence-electron chi connectivity index (χ3n) is 2.10. The van der Waals surface area contributed by atoms with Crippen molar-refractivity contribution in [1.29, 1.82) is 0 Å². The van der Waals surface area contributed by atoms with Crippen LogP contribution in [0.1, 0.15) is 6.42 Å². The molecule has 1 saturated heterocycles. The molecule has 1 N–H and O–H groups in total. The fourth-order valence-corrected chi connectivity index (χ4v) is 1.53. The highest BCUT2D eigenvalue weighted by atomic mass is 19.4. The molecule has 0 aromatic carbocycles. The Morgan fingerprint density at radius 2 is 2.17 bits per heavy atom. The van der Waals surface area contributed by atoms with Gasteiger partial charge in [-0.3, -0.25) is 0 Å². The molecule has 2 nitrogen and oxygen atoms in total. The Kier molecular flexibility index (Phi) is 2.95. The predicted molar refractivity (Wildman–Crippen MR) is 37.8 cm³/mol. The van der Waals surface area contributed by atoms with Crippen molar-refractivity contribution in [3.05, 3.63) is 0 Å². The van der Waals surface area contributed by atoms with Crippen LogP contribution in [0.2, 0.25) is 0 Å². The number of hydrogen-bond acceptors (Lipinski definition) is 2. The molecule has 0 saturated carbocycles. The van der Waals surface area contributed by atoms with E-state index in [2.05, 4.69) is 10.1 Å². The van der Waals surface area contributed by atoms with Crippen molar-refractivity contribution in [1.82, 2.24) is 5.32 Å². The second-order valence-electron chi connectivity index (χ2n) is 2.95. The van der Waals surface area contributed by atoms with Gasteiger partial charge in [0.1, 0.15) is 0 Å². The molecule has 0 aliphatic carbocycles. The fraction of sp³-hybridized carbons (Fsp3) is 1.00. The monoisotopic (exact) mass is 183 g/mol. The van der Waals surface area contributed by atoms with E-state index in [9.17, 15) is 13.2 Å². The van der Waals surface area contributed by atoms with E-state index in [0.29, 0.717) is 19.5 Å². The highest BCUT2D eigenvalue weighted by molar-refractivity contribution is 4.83. The van der Waals surface area contributed by atoms with Crippen molar-refractivity contribution >= 4 is 0 Å². The van der Waals surface area contributed by atoms with Gasteiger partial charge in [-0.1, -0.05) is 0 Å². The van der Waals surface area contributed by atoms with E-state index < -0.39 is 18.2 Å². The van der Waals surface area contributed by atoms with Crippen molar-refractivity contribution in [2.75, 3.05) is 20.2 Å². The maximum Gasteiger partial charge on any atom is 0.414 e. The lowest BCUT2D eigenvalue weighted by Crippen LogP contribution is -2.38. The molecule has 1 rings (SSSR count). The molecule has 1 heterocycles. The Morgan fingerprint density at radius 3 is 2.50 bits per heavy atom. The van der Waals surface area contributed by atoms with E-state index in [4.69, 9.17) is 0 Å². The molecule has 1 aliphatic heterocycles. The average molecular weight is 183 g/mol. The number of halogens is 3. The van der Waals surface area contributed by atoms with Gasteiger partial charge in [0.05, 0.1) is 0 Å². The van der Waals surface area contributed by atoms with E-state index >= 15 is 0 Å². The second-order valence-corrected chi connectivity index (χ2v) is 2.95. The number of ether oxygens (including phenoxy) is 1. The van der Waals surface area contributed by atoms with Gasteiger partial charge < -0.3 is 10.1 Å². The van der Waals surface area contributed by atoms with Gasteiger partial charge in [0.25, 0.3) is 0 Å². The largest absolute Gasteiger partial charge is 0.414 e. The molecule has 0 amide bonds. The van der Waals surface area contributed by atoms with Crippen LogP contribution in [0.25, 0.3) is 0 Å². The summed E-state index contributed by atoms with van der Waals surface area (Å²) in [4.78, 5) is 0. The van der Waals surface area contributed by atoms with Crippen LogP contribution in [0.5, 0.6) is 0 Å². The zero-order valence-corrected chi connectivity index (χ0v) is 6.82. The molecular formula is C7H12F3NO. The number of alkyl halides is 3. The van der Waals surface area contributed by atoms with Crippen molar-refractivity contribution in [2.45, 2.75) is 18.7 Å². The first-order valence-electron chi connectivity index (χ1n) is 3.86. The van der Waals surface area contributed by atoms with Gasteiger partial charge in [-0.05, 0) is 13.0 Å². The Bertz CT molecular complexity index is 142. The van der Waals surface area contributed by atoms with Crippen LogP contribution in [0.3, 0.4) is 0 Å². The van der Waals surface area contributed by atoms with Crippen molar-refractivity contribution in [3.63, 3.8) is 0 Å². The molecule has 0 aromatic rings. The molecule has 2 atom stereocenters. The SMILES string of the molecule is COC(C1CCNC1)C(F)(F)F. The van der Waals surface area contributed by atoms with Gasteiger partial charge in [0.2, 0.25) is 0 Å². The Hall–Kier alpha value is -0.290. The maximum atomic E-state index is 12.2. The highest BCUT2D eigenvalue weighted by Gasteiger charge is 2.45. The normalized spacial score (nSPS) is 27.5. The van der Waals surface area contributed by atoms with Gasteiger partial charge in [0.15, 0.2) is 6.10 Å². The molecule has 1 fully saturated rings. The summed E-state index contributed by atoms with van der Waals surface area (Å²) in [5.41, 5.74) is 0. The molecule has 0 radical (unpaired) electrons. The van der Waals surface area contributed by atoms with Gasteiger partial charge in [-0.15, -0.1) is 0 Å². The van der Waals surface area contributed by atoms with E-state index in [1.165, 1.54) is 0 Å². The minimum atomic E-state index is -4.23. The Morgan fingerprint density at radius 1 is 1.50 bits per heavy atom. The summed E-state index contributed by atoms with van der Waals surface area (Å²) >= 11 is 0. The second kappa shape index (κ2) is 3.62. The van der Waals surface area contributed by atoms with Crippen LogP contribution in [0.15, 0.2) is 0 Å².